The van der Waals surface area contributed by atoms with Crippen LogP contribution >= 0.6 is 0 Å². The Kier molecular flexibility index (Phi) is 2.84. The van der Waals surface area contributed by atoms with Gasteiger partial charge in [-0.05, 0) is 36.6 Å². The third-order valence-electron chi connectivity index (χ3n) is 2.33. The lowest BCUT2D eigenvalue weighted by Crippen LogP contribution is -1.92. The highest BCUT2D eigenvalue weighted by molar-refractivity contribution is 5.77. The number of rotatable bonds is 4. The van der Waals surface area contributed by atoms with Crippen molar-refractivity contribution in [2.45, 2.75) is 12.8 Å². The molecular weight excluding hydrogens is 176 g/mol. The molecule has 1 aromatic heterocycles. The molecule has 1 heterocycles. The van der Waals surface area contributed by atoms with E-state index >= 15 is 0 Å². The van der Waals surface area contributed by atoms with Gasteiger partial charge in [-0.25, -0.2) is 0 Å². The second-order valence-electron chi connectivity index (χ2n) is 3.39. The van der Waals surface area contributed by atoms with Crippen LogP contribution in [0.25, 0.3) is 11.0 Å². The van der Waals surface area contributed by atoms with E-state index < -0.39 is 0 Å². The van der Waals surface area contributed by atoms with Gasteiger partial charge in [0.15, 0.2) is 0 Å². The first-order chi connectivity index (χ1) is 6.90. The minimum Gasteiger partial charge on any atom is -0.464 e. The van der Waals surface area contributed by atoms with E-state index in [-0.39, 0.29) is 0 Å². The van der Waals surface area contributed by atoms with Gasteiger partial charge in [0.1, 0.15) is 5.58 Å². The van der Waals surface area contributed by atoms with Crippen LogP contribution in [0, 0.1) is 0 Å². The molecule has 0 bridgehead atoms. The van der Waals surface area contributed by atoms with Gasteiger partial charge in [-0.2, -0.15) is 0 Å². The normalized spacial score (nSPS) is 10.9. The number of furan rings is 1. The molecule has 0 saturated carbocycles. The number of benzene rings is 1. The molecule has 14 heavy (non-hydrogen) atoms. The fourth-order valence-corrected chi connectivity index (χ4v) is 1.59. The van der Waals surface area contributed by atoms with E-state index in [2.05, 4.69) is 12.1 Å². The molecule has 2 rings (SSSR count). The number of hydrogen-bond acceptors (Lipinski definition) is 2. The molecule has 0 fully saturated rings. The monoisotopic (exact) mass is 190 g/mol. The first kappa shape index (κ1) is 9.28. The fourth-order valence-electron chi connectivity index (χ4n) is 1.59. The van der Waals surface area contributed by atoms with Crippen LogP contribution in [0.1, 0.15) is 12.0 Å². The molecule has 1 aromatic carbocycles. The summed E-state index contributed by atoms with van der Waals surface area (Å²) < 4.78 is 10.3. The molecule has 2 aromatic rings. The third-order valence-corrected chi connectivity index (χ3v) is 2.33. The van der Waals surface area contributed by atoms with Gasteiger partial charge in [-0.15, -0.1) is 0 Å². The van der Waals surface area contributed by atoms with Crippen molar-refractivity contribution in [3.63, 3.8) is 0 Å². The summed E-state index contributed by atoms with van der Waals surface area (Å²) in [6, 6.07) is 8.31. The molecule has 74 valence electrons. The summed E-state index contributed by atoms with van der Waals surface area (Å²) in [5.41, 5.74) is 2.30. The summed E-state index contributed by atoms with van der Waals surface area (Å²) >= 11 is 0. The predicted molar refractivity (Wildman–Crippen MR) is 56.4 cm³/mol. The van der Waals surface area contributed by atoms with E-state index in [0.717, 1.165) is 25.0 Å². The Morgan fingerprint density at radius 3 is 3.07 bits per heavy atom. The second-order valence-corrected chi connectivity index (χ2v) is 3.39. The lowest BCUT2D eigenvalue weighted by atomic mass is 10.1. The van der Waals surface area contributed by atoms with Crippen molar-refractivity contribution in [1.29, 1.82) is 0 Å². The zero-order valence-corrected chi connectivity index (χ0v) is 8.32. The van der Waals surface area contributed by atoms with Crippen molar-refractivity contribution in [3.05, 3.63) is 36.1 Å². The van der Waals surface area contributed by atoms with Crippen LogP contribution in [0.3, 0.4) is 0 Å². The van der Waals surface area contributed by atoms with E-state index in [4.69, 9.17) is 9.15 Å². The maximum atomic E-state index is 5.27. The first-order valence-electron chi connectivity index (χ1n) is 4.85. The van der Waals surface area contributed by atoms with Gasteiger partial charge in [0.2, 0.25) is 0 Å². The Hall–Kier alpha value is -1.28. The summed E-state index contributed by atoms with van der Waals surface area (Å²) in [7, 11) is 1.74. The van der Waals surface area contributed by atoms with Crippen LogP contribution in [0.15, 0.2) is 34.9 Å². The van der Waals surface area contributed by atoms with E-state index in [1.54, 1.807) is 13.4 Å². The molecule has 0 aliphatic rings. The summed E-state index contributed by atoms with van der Waals surface area (Å²) in [6.45, 7) is 0.823. The van der Waals surface area contributed by atoms with E-state index in [1.165, 1.54) is 10.9 Å². The van der Waals surface area contributed by atoms with Gasteiger partial charge >= 0.3 is 0 Å². The van der Waals surface area contributed by atoms with Gasteiger partial charge < -0.3 is 9.15 Å². The maximum absolute atomic E-state index is 5.27. The van der Waals surface area contributed by atoms with E-state index in [0.29, 0.717) is 0 Å². The molecular formula is C12H14O2. The molecule has 0 amide bonds. The van der Waals surface area contributed by atoms with Crippen LogP contribution in [0.5, 0.6) is 0 Å². The fraction of sp³-hybridized carbons (Fsp3) is 0.333. The maximum Gasteiger partial charge on any atom is 0.133 e. The molecule has 2 nitrogen and oxygen atoms in total. The van der Waals surface area contributed by atoms with Crippen molar-refractivity contribution in [2.24, 2.45) is 0 Å². The zero-order chi connectivity index (χ0) is 9.80. The highest BCUT2D eigenvalue weighted by Crippen LogP contribution is 2.17. The highest BCUT2D eigenvalue weighted by atomic mass is 16.5. The summed E-state index contributed by atoms with van der Waals surface area (Å²) in [5.74, 6) is 0. The Bertz CT molecular complexity index is 403. The van der Waals surface area contributed by atoms with Gasteiger partial charge in [-0.3, -0.25) is 0 Å². The van der Waals surface area contributed by atoms with Gasteiger partial charge in [0.05, 0.1) is 6.26 Å². The molecule has 0 unspecified atom stereocenters. The lowest BCUT2D eigenvalue weighted by molar-refractivity contribution is 0.195. The molecule has 2 heteroatoms. The molecule has 0 aliphatic carbocycles. The smallest absolute Gasteiger partial charge is 0.133 e. The minimum absolute atomic E-state index is 0.823. The van der Waals surface area contributed by atoms with E-state index in [1.807, 2.05) is 12.1 Å². The summed E-state index contributed by atoms with van der Waals surface area (Å²) in [6.07, 6.45) is 3.86. The standard InChI is InChI=1S/C12H14O2/c1-13-7-2-3-10-4-5-12-11(9-10)6-8-14-12/h4-6,8-9H,2-3,7H2,1H3. The molecule has 0 saturated heterocycles. The van der Waals surface area contributed by atoms with Gasteiger partial charge in [-0.1, -0.05) is 6.07 Å². The average molecular weight is 190 g/mol. The van der Waals surface area contributed by atoms with Crippen molar-refractivity contribution in [1.82, 2.24) is 0 Å². The topological polar surface area (TPSA) is 22.4 Å². The molecule has 0 aliphatic heterocycles. The second kappa shape index (κ2) is 4.29. The number of ether oxygens (including phenoxy) is 1. The lowest BCUT2D eigenvalue weighted by Gasteiger charge is -2.00. The summed E-state index contributed by atoms with van der Waals surface area (Å²) in [5, 5.41) is 1.18. The summed E-state index contributed by atoms with van der Waals surface area (Å²) in [4.78, 5) is 0. The Balaban J connectivity index is 2.10. The first-order valence-corrected chi connectivity index (χ1v) is 4.85. The van der Waals surface area contributed by atoms with Gasteiger partial charge in [0, 0.05) is 19.1 Å². The predicted octanol–water partition coefficient (Wildman–Crippen LogP) is 3.01. The molecule has 0 N–H and O–H groups in total. The number of fused-ring (bicyclic) bond motifs is 1. The minimum atomic E-state index is 0.823. The van der Waals surface area contributed by atoms with Crippen molar-refractivity contribution >= 4 is 11.0 Å². The van der Waals surface area contributed by atoms with Crippen molar-refractivity contribution in [3.8, 4) is 0 Å². The van der Waals surface area contributed by atoms with Crippen LogP contribution in [0.2, 0.25) is 0 Å². The van der Waals surface area contributed by atoms with Crippen molar-refractivity contribution in [2.75, 3.05) is 13.7 Å². The van der Waals surface area contributed by atoms with Crippen LogP contribution < -0.4 is 0 Å². The zero-order valence-electron chi connectivity index (χ0n) is 8.32. The Labute approximate surface area is 83.5 Å². The van der Waals surface area contributed by atoms with Crippen molar-refractivity contribution < 1.29 is 9.15 Å². The largest absolute Gasteiger partial charge is 0.464 e. The Morgan fingerprint density at radius 1 is 1.29 bits per heavy atom. The van der Waals surface area contributed by atoms with Gasteiger partial charge in [0.25, 0.3) is 0 Å². The molecule has 0 atom stereocenters. The highest BCUT2D eigenvalue weighted by Gasteiger charge is 1.98. The SMILES string of the molecule is COCCCc1ccc2occc2c1. The third kappa shape index (κ3) is 1.96. The van der Waals surface area contributed by atoms with Crippen LogP contribution in [-0.4, -0.2) is 13.7 Å². The average Bonchev–Trinajstić information content (AvgIpc) is 2.65. The number of aryl methyl sites for hydroxylation is 1. The van der Waals surface area contributed by atoms with Crippen LogP contribution in [-0.2, 0) is 11.2 Å². The van der Waals surface area contributed by atoms with Crippen LogP contribution in [0.4, 0.5) is 0 Å². The quantitative estimate of drug-likeness (QED) is 0.691. The van der Waals surface area contributed by atoms with E-state index in [9.17, 15) is 0 Å². The molecule has 0 spiro atoms. The number of methoxy groups -OCH3 is 1. The Morgan fingerprint density at radius 2 is 2.21 bits per heavy atom. The number of hydrogen-bond donors (Lipinski definition) is 0. The molecule has 0 radical (unpaired) electrons.